The van der Waals surface area contributed by atoms with Crippen LogP contribution in [0.2, 0.25) is 0 Å². The molecule has 0 aromatic heterocycles. The van der Waals surface area contributed by atoms with Gasteiger partial charge >= 0.3 is 9.85 Å². The van der Waals surface area contributed by atoms with E-state index in [9.17, 15) is 22.0 Å². The number of alkyl halides is 6. The smallest absolute Gasteiger partial charge is 0.241 e. The van der Waals surface area contributed by atoms with Crippen LogP contribution in [0.4, 0.5) is 22.0 Å². The molecule has 0 amide bonds. The zero-order valence-electron chi connectivity index (χ0n) is 6.97. The number of halogens is 6. The first kappa shape index (κ1) is 13.4. The molecular formula is C7H10F5I. The van der Waals surface area contributed by atoms with Crippen molar-refractivity contribution in [2.24, 2.45) is 0 Å². The Morgan fingerprint density at radius 1 is 1.23 bits per heavy atom. The van der Waals surface area contributed by atoms with Gasteiger partial charge in [0, 0.05) is 22.6 Å². The summed E-state index contributed by atoms with van der Waals surface area (Å²) in [7, 11) is 0. The molecule has 0 radical (unpaired) electrons. The molecule has 0 nitrogen and oxygen atoms in total. The minimum Gasteiger partial charge on any atom is -0.241 e. The third-order valence-electron chi connectivity index (χ3n) is 1.58. The minimum absolute atomic E-state index is 0.184. The first-order chi connectivity index (χ1) is 5.73. The van der Waals surface area contributed by atoms with Crippen LogP contribution in [0.25, 0.3) is 0 Å². The fourth-order valence-corrected chi connectivity index (χ4v) is 1.08. The van der Waals surface area contributed by atoms with Crippen LogP contribution in [0.5, 0.6) is 0 Å². The summed E-state index contributed by atoms with van der Waals surface area (Å²) in [5.41, 5.74) is 0. The molecule has 0 saturated heterocycles. The van der Waals surface area contributed by atoms with Gasteiger partial charge in [0.1, 0.15) is 0 Å². The van der Waals surface area contributed by atoms with Crippen LogP contribution in [-0.4, -0.2) is 16.0 Å². The number of hydrogen-bond acceptors (Lipinski definition) is 0. The summed E-state index contributed by atoms with van der Waals surface area (Å²) in [5.74, 6) is -4.57. The molecule has 0 aliphatic heterocycles. The molecule has 1 unspecified atom stereocenters. The Balaban J connectivity index is 4.27. The molecule has 0 aromatic rings. The Labute approximate surface area is 87.0 Å². The van der Waals surface area contributed by atoms with Gasteiger partial charge in [0.25, 0.3) is 0 Å². The first-order valence-electron chi connectivity index (χ1n) is 3.82. The highest BCUT2D eigenvalue weighted by Gasteiger charge is 2.59. The van der Waals surface area contributed by atoms with E-state index in [1.54, 1.807) is 6.92 Å². The lowest BCUT2D eigenvalue weighted by Crippen LogP contribution is -2.43. The van der Waals surface area contributed by atoms with Crippen LogP contribution in [0, 0.1) is 0 Å². The summed E-state index contributed by atoms with van der Waals surface area (Å²) >= 11 is 0.263. The molecular weight excluding hydrogens is 306 g/mol. The molecule has 0 heterocycles. The predicted octanol–water partition coefficient (Wildman–Crippen LogP) is 4.18. The molecule has 0 aromatic carbocycles. The average molecular weight is 316 g/mol. The molecule has 0 fully saturated rings. The predicted molar refractivity (Wildman–Crippen MR) is 48.3 cm³/mol. The fraction of sp³-hybridized carbons (Fsp3) is 1.00. The maximum Gasteiger partial charge on any atom is 0.361 e. The van der Waals surface area contributed by atoms with Crippen LogP contribution >= 0.6 is 22.6 Å². The van der Waals surface area contributed by atoms with Gasteiger partial charge in [0.05, 0.1) is 0 Å². The van der Waals surface area contributed by atoms with E-state index in [-0.39, 0.29) is 29.0 Å². The maximum absolute atomic E-state index is 12.6. The van der Waals surface area contributed by atoms with Crippen molar-refractivity contribution in [1.82, 2.24) is 0 Å². The van der Waals surface area contributed by atoms with Crippen molar-refractivity contribution in [1.29, 1.82) is 0 Å². The Bertz CT molecular complexity index is 153. The fourth-order valence-electron chi connectivity index (χ4n) is 0.742. The van der Waals surface area contributed by atoms with E-state index < -0.39 is 22.4 Å². The summed E-state index contributed by atoms with van der Waals surface area (Å²) in [6.45, 7) is 1.67. The average Bonchev–Trinajstić information content (AvgIpc) is 1.97. The molecule has 0 saturated carbocycles. The van der Waals surface area contributed by atoms with Gasteiger partial charge in [-0.25, -0.2) is 4.39 Å². The summed E-state index contributed by atoms with van der Waals surface area (Å²) < 4.78 is 57.7. The van der Waals surface area contributed by atoms with Gasteiger partial charge in [0.2, 0.25) is 0 Å². The number of rotatable bonds is 5. The van der Waals surface area contributed by atoms with Crippen LogP contribution in [0.1, 0.15) is 26.2 Å². The molecule has 0 bridgehead atoms. The molecule has 13 heavy (non-hydrogen) atoms. The van der Waals surface area contributed by atoms with Gasteiger partial charge in [0.15, 0.2) is 6.17 Å². The molecule has 0 spiro atoms. The van der Waals surface area contributed by atoms with E-state index in [2.05, 4.69) is 0 Å². The van der Waals surface area contributed by atoms with Crippen molar-refractivity contribution >= 4 is 22.6 Å². The molecule has 0 N–H and O–H groups in total. The highest BCUT2D eigenvalue weighted by Crippen LogP contribution is 2.44. The van der Waals surface area contributed by atoms with Gasteiger partial charge in [-0.05, 0) is 6.42 Å². The number of unbranched alkanes of at least 4 members (excludes halogenated alkanes) is 1. The van der Waals surface area contributed by atoms with Gasteiger partial charge in [-0.3, -0.25) is 0 Å². The molecule has 80 valence electrons. The standard InChI is InChI=1S/C7H10F5I/c1-2-3-4-5(8)6(9,10)7(11,12)13/h5H,2-4H2,1H3. The monoisotopic (exact) mass is 316 g/mol. The highest BCUT2D eigenvalue weighted by molar-refractivity contribution is 14.1. The van der Waals surface area contributed by atoms with Gasteiger partial charge in [-0.2, -0.15) is 17.6 Å². The third kappa shape index (κ3) is 3.55. The van der Waals surface area contributed by atoms with Crippen LogP contribution < -0.4 is 0 Å². The first-order valence-corrected chi connectivity index (χ1v) is 4.90. The highest BCUT2D eigenvalue weighted by atomic mass is 127. The summed E-state index contributed by atoms with van der Waals surface area (Å²) in [6, 6.07) is 0. The molecule has 0 rings (SSSR count). The SMILES string of the molecule is CCCCC(F)C(F)(F)C(F)(F)I. The second kappa shape index (κ2) is 4.75. The lowest BCUT2D eigenvalue weighted by atomic mass is 10.1. The van der Waals surface area contributed by atoms with E-state index in [1.807, 2.05) is 0 Å². The zero-order valence-corrected chi connectivity index (χ0v) is 9.12. The van der Waals surface area contributed by atoms with Crippen molar-refractivity contribution in [2.75, 3.05) is 0 Å². The van der Waals surface area contributed by atoms with E-state index in [0.717, 1.165) is 0 Å². The van der Waals surface area contributed by atoms with E-state index in [4.69, 9.17) is 0 Å². The molecule has 6 heteroatoms. The number of hydrogen-bond donors (Lipinski definition) is 0. The zero-order chi connectivity index (χ0) is 10.7. The Kier molecular flexibility index (Phi) is 4.88. The lowest BCUT2D eigenvalue weighted by Gasteiger charge is -2.24. The molecule has 0 aliphatic rings. The van der Waals surface area contributed by atoms with Crippen molar-refractivity contribution in [3.63, 3.8) is 0 Å². The van der Waals surface area contributed by atoms with Crippen molar-refractivity contribution < 1.29 is 22.0 Å². The second-order valence-electron chi connectivity index (χ2n) is 2.73. The molecule has 0 aliphatic carbocycles. The lowest BCUT2D eigenvalue weighted by molar-refractivity contribution is -0.181. The van der Waals surface area contributed by atoms with Gasteiger partial charge in [-0.15, -0.1) is 0 Å². The van der Waals surface area contributed by atoms with E-state index >= 15 is 0 Å². The van der Waals surface area contributed by atoms with Gasteiger partial charge < -0.3 is 0 Å². The third-order valence-corrected chi connectivity index (χ3v) is 2.30. The van der Waals surface area contributed by atoms with E-state index in [0.29, 0.717) is 6.42 Å². The largest absolute Gasteiger partial charge is 0.361 e. The Morgan fingerprint density at radius 3 is 2.00 bits per heavy atom. The topological polar surface area (TPSA) is 0 Å². The summed E-state index contributed by atoms with van der Waals surface area (Å²) in [6.07, 6.45) is -2.60. The Hall–Kier alpha value is 0.380. The second-order valence-corrected chi connectivity index (χ2v) is 4.09. The Morgan fingerprint density at radius 2 is 1.69 bits per heavy atom. The minimum atomic E-state index is -4.57. The van der Waals surface area contributed by atoms with Crippen LogP contribution in [-0.2, 0) is 0 Å². The van der Waals surface area contributed by atoms with E-state index in [1.165, 1.54) is 0 Å². The summed E-state index contributed by atoms with van der Waals surface area (Å²) in [5, 5.41) is 0. The quantitative estimate of drug-likeness (QED) is 0.405. The van der Waals surface area contributed by atoms with Crippen LogP contribution in [0.3, 0.4) is 0 Å². The van der Waals surface area contributed by atoms with Gasteiger partial charge in [-0.1, -0.05) is 19.8 Å². The summed E-state index contributed by atoms with van der Waals surface area (Å²) in [4.78, 5) is 0. The normalized spacial score (nSPS) is 15.9. The maximum atomic E-state index is 12.6. The van der Waals surface area contributed by atoms with Crippen LogP contribution in [0.15, 0.2) is 0 Å². The molecule has 1 atom stereocenters. The van der Waals surface area contributed by atoms with Crippen molar-refractivity contribution in [3.8, 4) is 0 Å². The van der Waals surface area contributed by atoms with Crippen molar-refractivity contribution in [3.05, 3.63) is 0 Å². The van der Waals surface area contributed by atoms with Crippen molar-refractivity contribution in [2.45, 2.75) is 42.2 Å².